The van der Waals surface area contributed by atoms with E-state index in [1.165, 1.54) is 6.20 Å². The summed E-state index contributed by atoms with van der Waals surface area (Å²) in [6.45, 7) is 4.81. The van der Waals surface area contributed by atoms with E-state index in [4.69, 9.17) is 4.74 Å². The van der Waals surface area contributed by atoms with E-state index in [2.05, 4.69) is 36.2 Å². The molecule has 0 saturated heterocycles. The number of nitrogens with one attached hydrogen (secondary N) is 2. The Labute approximate surface area is 184 Å². The van der Waals surface area contributed by atoms with E-state index >= 15 is 0 Å². The highest BCUT2D eigenvalue weighted by Crippen LogP contribution is 2.20. The van der Waals surface area contributed by atoms with E-state index in [0.29, 0.717) is 24.6 Å². The molecule has 0 atom stereocenters. The molecular formula is C22H27F3N6O. The number of fused-ring (bicyclic) bond motifs is 1. The maximum atomic E-state index is 12.5. The van der Waals surface area contributed by atoms with E-state index in [9.17, 15) is 13.2 Å². The fraction of sp³-hybridized carbons (Fsp3) is 0.409. The van der Waals surface area contributed by atoms with Gasteiger partial charge in [-0.15, -0.1) is 0 Å². The topological polar surface area (TPSA) is 76.4 Å². The van der Waals surface area contributed by atoms with Crippen LogP contribution in [-0.2, 0) is 13.1 Å². The first kappa shape index (κ1) is 23.4. The second-order valence-electron chi connectivity index (χ2n) is 7.15. The van der Waals surface area contributed by atoms with E-state index in [1.807, 2.05) is 32.0 Å². The first-order valence-electron chi connectivity index (χ1n) is 10.4. The molecule has 32 heavy (non-hydrogen) atoms. The standard InChI is InChI=1S/C22H27F3N6O/c1-3-26-21(29-14-17-8-6-11-27-20(17)32-15-22(23,24)25)28-12-7-13-31-16(2)30-18-9-4-5-10-19(18)31/h4-6,8-11H,3,7,12-15H2,1-2H3,(H2,26,28,29). The second-order valence-corrected chi connectivity index (χ2v) is 7.15. The number of benzene rings is 1. The van der Waals surface area contributed by atoms with E-state index in [1.54, 1.807) is 12.1 Å². The minimum atomic E-state index is -4.42. The third-order valence-electron chi connectivity index (χ3n) is 4.67. The number of aromatic nitrogens is 3. The van der Waals surface area contributed by atoms with Crippen molar-refractivity contribution >= 4 is 17.0 Å². The summed E-state index contributed by atoms with van der Waals surface area (Å²) in [5, 5.41) is 6.40. The molecule has 0 radical (unpaired) electrons. The Kier molecular flexibility index (Phi) is 7.91. The van der Waals surface area contributed by atoms with Gasteiger partial charge in [-0.05, 0) is 38.5 Å². The number of guanidine groups is 1. The molecule has 2 aromatic heterocycles. The smallest absolute Gasteiger partial charge is 0.422 e. The normalized spacial score (nSPS) is 12.2. The zero-order valence-electron chi connectivity index (χ0n) is 18.1. The van der Waals surface area contributed by atoms with Gasteiger partial charge >= 0.3 is 6.18 Å². The minimum absolute atomic E-state index is 0.0631. The van der Waals surface area contributed by atoms with Gasteiger partial charge in [-0.25, -0.2) is 15.0 Å². The molecule has 10 heteroatoms. The molecule has 0 saturated carbocycles. The SMILES string of the molecule is CCNC(=NCc1cccnc1OCC(F)(F)F)NCCCn1c(C)nc2ccccc21. The zero-order valence-corrected chi connectivity index (χ0v) is 18.1. The summed E-state index contributed by atoms with van der Waals surface area (Å²) in [7, 11) is 0. The molecule has 0 aliphatic rings. The number of hydrogen-bond acceptors (Lipinski definition) is 4. The van der Waals surface area contributed by atoms with Crippen molar-refractivity contribution in [1.29, 1.82) is 0 Å². The van der Waals surface area contributed by atoms with E-state index in [0.717, 1.165) is 29.8 Å². The average Bonchev–Trinajstić information content (AvgIpc) is 3.08. The minimum Gasteiger partial charge on any atom is -0.468 e. The van der Waals surface area contributed by atoms with Crippen molar-refractivity contribution in [2.75, 3.05) is 19.7 Å². The predicted octanol–water partition coefficient (Wildman–Crippen LogP) is 3.83. The molecule has 2 N–H and O–H groups in total. The Morgan fingerprint density at radius 1 is 1.16 bits per heavy atom. The molecule has 172 valence electrons. The highest BCUT2D eigenvalue weighted by atomic mass is 19.4. The quantitative estimate of drug-likeness (QED) is 0.296. The van der Waals surface area contributed by atoms with Gasteiger partial charge in [-0.1, -0.05) is 18.2 Å². The Morgan fingerprint density at radius 2 is 1.97 bits per heavy atom. The maximum absolute atomic E-state index is 12.5. The lowest BCUT2D eigenvalue weighted by atomic mass is 10.3. The van der Waals surface area contributed by atoms with Gasteiger partial charge in [-0.2, -0.15) is 13.2 Å². The molecule has 0 spiro atoms. The van der Waals surface area contributed by atoms with Crippen molar-refractivity contribution in [3.05, 3.63) is 54.0 Å². The number of hydrogen-bond donors (Lipinski definition) is 2. The van der Waals surface area contributed by atoms with Gasteiger partial charge in [0, 0.05) is 31.4 Å². The number of aliphatic imine (C=N–C) groups is 1. The van der Waals surface area contributed by atoms with E-state index < -0.39 is 12.8 Å². The number of pyridine rings is 1. The van der Waals surface area contributed by atoms with Gasteiger partial charge in [0.05, 0.1) is 17.6 Å². The van der Waals surface area contributed by atoms with Crippen LogP contribution in [0.1, 0.15) is 24.7 Å². The van der Waals surface area contributed by atoms with Gasteiger partial charge in [0.15, 0.2) is 12.6 Å². The molecule has 0 aliphatic heterocycles. The Hall–Kier alpha value is -3.30. The Balaban J connectivity index is 1.57. The number of para-hydroxylation sites is 2. The summed E-state index contributed by atoms with van der Waals surface area (Å²) in [6.07, 6.45) is -2.18. The second kappa shape index (κ2) is 10.8. The lowest BCUT2D eigenvalue weighted by Gasteiger charge is -2.13. The molecule has 3 rings (SSSR count). The molecule has 0 unspecified atom stereocenters. The third kappa shape index (κ3) is 6.60. The fourth-order valence-electron chi connectivity index (χ4n) is 3.25. The van der Waals surface area contributed by atoms with Crippen LogP contribution in [0.15, 0.2) is 47.6 Å². The fourth-order valence-corrected chi connectivity index (χ4v) is 3.25. The number of halogens is 3. The van der Waals surface area contributed by atoms with Gasteiger partial charge < -0.3 is 19.9 Å². The molecule has 0 amide bonds. The Bertz CT molecular complexity index is 1050. The Morgan fingerprint density at radius 3 is 2.75 bits per heavy atom. The van der Waals surface area contributed by atoms with Gasteiger partial charge in [0.2, 0.25) is 5.88 Å². The lowest BCUT2D eigenvalue weighted by molar-refractivity contribution is -0.154. The van der Waals surface area contributed by atoms with Gasteiger partial charge in [0.25, 0.3) is 0 Å². The molecule has 0 bridgehead atoms. The summed E-state index contributed by atoms with van der Waals surface area (Å²) < 4.78 is 44.4. The summed E-state index contributed by atoms with van der Waals surface area (Å²) in [5.74, 6) is 1.48. The number of imidazole rings is 1. The van der Waals surface area contributed by atoms with E-state index in [-0.39, 0.29) is 12.4 Å². The lowest BCUT2D eigenvalue weighted by Crippen LogP contribution is -2.38. The third-order valence-corrected chi connectivity index (χ3v) is 4.67. The largest absolute Gasteiger partial charge is 0.468 e. The molecule has 1 aromatic carbocycles. The summed E-state index contributed by atoms with van der Waals surface area (Å²) >= 11 is 0. The summed E-state index contributed by atoms with van der Waals surface area (Å²) in [6, 6.07) is 11.3. The maximum Gasteiger partial charge on any atom is 0.422 e. The highest BCUT2D eigenvalue weighted by Gasteiger charge is 2.29. The summed E-state index contributed by atoms with van der Waals surface area (Å²) in [5.41, 5.74) is 2.57. The molecule has 0 fully saturated rings. The van der Waals surface area contributed by atoms with Crippen LogP contribution >= 0.6 is 0 Å². The summed E-state index contributed by atoms with van der Waals surface area (Å²) in [4.78, 5) is 12.9. The number of nitrogens with zero attached hydrogens (tertiary/aromatic N) is 4. The van der Waals surface area contributed by atoms with Crippen molar-refractivity contribution in [3.63, 3.8) is 0 Å². The highest BCUT2D eigenvalue weighted by molar-refractivity contribution is 5.79. The van der Waals surface area contributed by atoms with Crippen LogP contribution in [0.5, 0.6) is 5.88 Å². The van der Waals surface area contributed by atoms with Crippen molar-refractivity contribution in [2.24, 2.45) is 4.99 Å². The van der Waals surface area contributed by atoms with Crippen molar-refractivity contribution in [3.8, 4) is 5.88 Å². The number of aryl methyl sites for hydroxylation is 2. The van der Waals surface area contributed by atoms with Crippen molar-refractivity contribution in [1.82, 2.24) is 25.2 Å². The first-order valence-corrected chi connectivity index (χ1v) is 10.4. The van der Waals surface area contributed by atoms with Crippen molar-refractivity contribution in [2.45, 2.75) is 39.5 Å². The predicted molar refractivity (Wildman–Crippen MR) is 118 cm³/mol. The van der Waals surface area contributed by atoms with Crippen molar-refractivity contribution < 1.29 is 17.9 Å². The molecular weight excluding hydrogens is 421 g/mol. The van der Waals surface area contributed by atoms with Crippen LogP contribution in [0.4, 0.5) is 13.2 Å². The van der Waals surface area contributed by atoms with Gasteiger partial charge in [0.1, 0.15) is 5.82 Å². The molecule has 3 aromatic rings. The molecule has 7 nitrogen and oxygen atoms in total. The number of alkyl halides is 3. The number of ether oxygens (including phenoxy) is 1. The monoisotopic (exact) mass is 448 g/mol. The molecule has 2 heterocycles. The van der Waals surface area contributed by atoms with Crippen LogP contribution in [0.3, 0.4) is 0 Å². The average molecular weight is 448 g/mol. The van der Waals surface area contributed by atoms with Crippen LogP contribution in [0.2, 0.25) is 0 Å². The van der Waals surface area contributed by atoms with Crippen LogP contribution in [0.25, 0.3) is 11.0 Å². The molecule has 0 aliphatic carbocycles. The van der Waals surface area contributed by atoms with Crippen LogP contribution in [0, 0.1) is 6.92 Å². The zero-order chi connectivity index (χ0) is 23.0. The number of rotatable bonds is 9. The van der Waals surface area contributed by atoms with Gasteiger partial charge in [-0.3, -0.25) is 0 Å². The van der Waals surface area contributed by atoms with Crippen LogP contribution < -0.4 is 15.4 Å². The first-order chi connectivity index (χ1) is 15.4. The van der Waals surface area contributed by atoms with Crippen LogP contribution in [-0.4, -0.2) is 46.4 Å².